The Morgan fingerprint density at radius 3 is 2.31 bits per heavy atom. The largest absolute Gasteiger partial charge is 0.341 e. The van der Waals surface area contributed by atoms with E-state index in [2.05, 4.69) is 36.0 Å². The van der Waals surface area contributed by atoms with Gasteiger partial charge in [0.05, 0.1) is 0 Å². The Morgan fingerprint density at radius 1 is 0.897 bits per heavy atom. The first-order valence-corrected chi connectivity index (χ1v) is 9.63. The number of nitrogens with zero attached hydrogens (tertiary/aromatic N) is 4. The van der Waals surface area contributed by atoms with Gasteiger partial charge in [0, 0.05) is 24.3 Å². The molecule has 0 bridgehead atoms. The molecule has 3 aromatic rings. The zero-order valence-corrected chi connectivity index (χ0v) is 16.2. The van der Waals surface area contributed by atoms with Crippen LogP contribution in [-0.2, 0) is 0 Å². The van der Waals surface area contributed by atoms with Gasteiger partial charge in [0.25, 0.3) is 5.91 Å². The molecule has 1 fully saturated rings. The minimum atomic E-state index is -0.259. The number of hydrogen-bond acceptors (Lipinski definition) is 7. The van der Waals surface area contributed by atoms with Gasteiger partial charge in [0.2, 0.25) is 17.8 Å². The van der Waals surface area contributed by atoms with Crippen LogP contribution < -0.4 is 21.1 Å². The van der Waals surface area contributed by atoms with Crippen LogP contribution in [0.3, 0.4) is 0 Å². The molecule has 0 spiro atoms. The van der Waals surface area contributed by atoms with E-state index in [0.717, 1.165) is 37.2 Å². The van der Waals surface area contributed by atoms with Gasteiger partial charge in [0.15, 0.2) is 0 Å². The maximum absolute atomic E-state index is 12.4. The number of benzene rings is 2. The van der Waals surface area contributed by atoms with Crippen molar-refractivity contribution < 1.29 is 4.79 Å². The van der Waals surface area contributed by atoms with Crippen molar-refractivity contribution in [1.29, 1.82) is 0 Å². The molecule has 2 aromatic carbocycles. The number of hydrazine groups is 1. The Bertz CT molecular complexity index is 970. The van der Waals surface area contributed by atoms with Gasteiger partial charge in [-0.05, 0) is 44.0 Å². The van der Waals surface area contributed by atoms with Crippen molar-refractivity contribution in [2.45, 2.75) is 19.8 Å². The van der Waals surface area contributed by atoms with E-state index >= 15 is 0 Å². The highest BCUT2D eigenvalue weighted by Gasteiger charge is 2.18. The molecule has 29 heavy (non-hydrogen) atoms. The molecule has 8 heteroatoms. The summed E-state index contributed by atoms with van der Waals surface area (Å²) in [5, 5.41) is 3.19. The summed E-state index contributed by atoms with van der Waals surface area (Å²) in [6.45, 7) is 3.79. The van der Waals surface area contributed by atoms with Crippen molar-refractivity contribution >= 4 is 29.4 Å². The molecule has 2 heterocycles. The lowest BCUT2D eigenvalue weighted by atomic mass is 10.1. The standard InChI is InChI=1S/C21H23N7O/c1-15-9-11-16(12-10-15)18(29)26-27-20-23-19(22-17-7-3-2-4-8-17)24-21(25-20)28-13-5-6-14-28/h2-4,7-12H,5-6,13-14H2,1H3,(H,26,29)(H2,22,23,24,25,27). The van der Waals surface area contributed by atoms with Crippen LogP contribution in [0.4, 0.5) is 23.5 Å². The molecule has 0 saturated carbocycles. The molecule has 148 valence electrons. The van der Waals surface area contributed by atoms with E-state index in [1.165, 1.54) is 0 Å². The summed E-state index contributed by atoms with van der Waals surface area (Å²) >= 11 is 0. The maximum Gasteiger partial charge on any atom is 0.269 e. The lowest BCUT2D eigenvalue weighted by molar-refractivity contribution is 0.0962. The molecule has 1 amide bonds. The lowest BCUT2D eigenvalue weighted by Gasteiger charge is -2.17. The lowest BCUT2D eigenvalue weighted by Crippen LogP contribution is -2.31. The Morgan fingerprint density at radius 2 is 1.59 bits per heavy atom. The van der Waals surface area contributed by atoms with Gasteiger partial charge in [-0.25, -0.2) is 0 Å². The van der Waals surface area contributed by atoms with Crippen LogP contribution in [0.15, 0.2) is 54.6 Å². The molecule has 1 saturated heterocycles. The van der Waals surface area contributed by atoms with E-state index in [4.69, 9.17) is 0 Å². The fourth-order valence-corrected chi connectivity index (χ4v) is 3.08. The van der Waals surface area contributed by atoms with E-state index in [0.29, 0.717) is 17.5 Å². The second-order valence-electron chi connectivity index (χ2n) is 6.91. The summed E-state index contributed by atoms with van der Waals surface area (Å²) in [6, 6.07) is 17.0. The molecule has 3 N–H and O–H groups in total. The molecular weight excluding hydrogens is 366 g/mol. The number of rotatable bonds is 6. The van der Waals surface area contributed by atoms with Crippen molar-refractivity contribution in [3.63, 3.8) is 0 Å². The maximum atomic E-state index is 12.4. The van der Waals surface area contributed by atoms with E-state index < -0.39 is 0 Å². The van der Waals surface area contributed by atoms with E-state index in [1.54, 1.807) is 12.1 Å². The van der Waals surface area contributed by atoms with Crippen molar-refractivity contribution in [1.82, 2.24) is 20.4 Å². The molecule has 0 atom stereocenters. The molecule has 8 nitrogen and oxygen atoms in total. The van der Waals surface area contributed by atoms with Gasteiger partial charge < -0.3 is 10.2 Å². The molecule has 1 aliphatic heterocycles. The van der Waals surface area contributed by atoms with Crippen molar-refractivity contribution in [3.8, 4) is 0 Å². The number of carbonyl (C=O) groups is 1. The van der Waals surface area contributed by atoms with Crippen molar-refractivity contribution in [2.24, 2.45) is 0 Å². The summed E-state index contributed by atoms with van der Waals surface area (Å²) in [4.78, 5) is 27.9. The minimum absolute atomic E-state index is 0.259. The smallest absolute Gasteiger partial charge is 0.269 e. The van der Waals surface area contributed by atoms with Gasteiger partial charge in [-0.2, -0.15) is 15.0 Å². The summed E-state index contributed by atoms with van der Waals surface area (Å²) in [5.41, 5.74) is 8.00. The molecule has 0 aliphatic carbocycles. The Balaban J connectivity index is 1.52. The fraction of sp³-hybridized carbons (Fsp3) is 0.238. The predicted molar refractivity (Wildman–Crippen MR) is 113 cm³/mol. The monoisotopic (exact) mass is 389 g/mol. The van der Waals surface area contributed by atoms with Crippen LogP contribution in [0.5, 0.6) is 0 Å². The molecule has 1 aliphatic rings. The quantitative estimate of drug-likeness (QED) is 0.557. The van der Waals surface area contributed by atoms with E-state index in [1.807, 2.05) is 49.4 Å². The molecule has 1 aromatic heterocycles. The fourth-order valence-electron chi connectivity index (χ4n) is 3.08. The van der Waals surface area contributed by atoms with Crippen molar-refractivity contribution in [3.05, 3.63) is 65.7 Å². The number of carbonyl (C=O) groups excluding carboxylic acids is 1. The molecule has 4 rings (SSSR count). The second kappa shape index (κ2) is 8.55. The molecule has 0 radical (unpaired) electrons. The van der Waals surface area contributed by atoms with Crippen LogP contribution in [0.1, 0.15) is 28.8 Å². The number of para-hydroxylation sites is 1. The third-order valence-corrected chi connectivity index (χ3v) is 4.64. The van der Waals surface area contributed by atoms with Gasteiger partial charge in [-0.15, -0.1) is 0 Å². The Hall–Kier alpha value is -3.68. The highest BCUT2D eigenvalue weighted by atomic mass is 16.2. The van der Waals surface area contributed by atoms with E-state index in [9.17, 15) is 4.79 Å². The van der Waals surface area contributed by atoms with Gasteiger partial charge in [-0.1, -0.05) is 35.9 Å². The summed E-state index contributed by atoms with van der Waals surface area (Å²) in [5.74, 6) is 1.02. The third-order valence-electron chi connectivity index (χ3n) is 4.64. The summed E-state index contributed by atoms with van der Waals surface area (Å²) < 4.78 is 0. The first kappa shape index (κ1) is 18.7. The van der Waals surface area contributed by atoms with Crippen molar-refractivity contribution in [2.75, 3.05) is 28.7 Å². The summed E-state index contributed by atoms with van der Waals surface area (Å²) in [6.07, 6.45) is 2.22. The summed E-state index contributed by atoms with van der Waals surface area (Å²) in [7, 11) is 0. The number of nitrogens with one attached hydrogen (secondary N) is 3. The van der Waals surface area contributed by atoms with Gasteiger partial charge in [0.1, 0.15) is 0 Å². The number of amides is 1. The highest BCUT2D eigenvalue weighted by molar-refractivity contribution is 5.94. The van der Waals surface area contributed by atoms with Crippen LogP contribution in [-0.4, -0.2) is 33.9 Å². The minimum Gasteiger partial charge on any atom is -0.341 e. The average molecular weight is 389 g/mol. The Kier molecular flexibility index (Phi) is 5.51. The second-order valence-corrected chi connectivity index (χ2v) is 6.91. The van der Waals surface area contributed by atoms with Crippen LogP contribution in [0.25, 0.3) is 0 Å². The number of hydrogen-bond donors (Lipinski definition) is 3. The van der Waals surface area contributed by atoms with Crippen LogP contribution >= 0.6 is 0 Å². The first-order chi connectivity index (χ1) is 14.2. The van der Waals surface area contributed by atoms with E-state index in [-0.39, 0.29) is 11.9 Å². The van der Waals surface area contributed by atoms with Crippen LogP contribution in [0.2, 0.25) is 0 Å². The molecule has 0 unspecified atom stereocenters. The van der Waals surface area contributed by atoms with Gasteiger partial charge >= 0.3 is 0 Å². The van der Waals surface area contributed by atoms with Crippen LogP contribution in [0, 0.1) is 6.92 Å². The SMILES string of the molecule is Cc1ccc(C(=O)NNc2nc(Nc3ccccc3)nc(N3CCCC3)n2)cc1. The first-order valence-electron chi connectivity index (χ1n) is 9.63. The Labute approximate surface area is 169 Å². The number of aromatic nitrogens is 3. The number of anilines is 4. The highest BCUT2D eigenvalue weighted by Crippen LogP contribution is 2.20. The predicted octanol–water partition coefficient (Wildman–Crippen LogP) is 3.28. The normalized spacial score (nSPS) is 13.2. The number of aryl methyl sites for hydroxylation is 1. The molecular formula is C21H23N7O. The topological polar surface area (TPSA) is 95.1 Å². The average Bonchev–Trinajstić information content (AvgIpc) is 3.28. The zero-order valence-electron chi connectivity index (χ0n) is 16.2. The van der Waals surface area contributed by atoms with Gasteiger partial charge in [-0.3, -0.25) is 15.6 Å². The zero-order chi connectivity index (χ0) is 20.1. The third kappa shape index (κ3) is 4.78.